The highest BCUT2D eigenvalue weighted by atomic mass is 35.5. The topological polar surface area (TPSA) is 84.6 Å². The summed E-state index contributed by atoms with van der Waals surface area (Å²) in [6.45, 7) is 1.12. The van der Waals surface area contributed by atoms with E-state index in [4.69, 9.17) is 20.9 Å². The summed E-state index contributed by atoms with van der Waals surface area (Å²) in [7, 11) is 3.38. The number of hydrogen-bond donors (Lipinski definition) is 2. The second-order valence-corrected chi connectivity index (χ2v) is 6.41. The highest BCUT2D eigenvalue weighted by Crippen LogP contribution is 2.18. The summed E-state index contributed by atoms with van der Waals surface area (Å²) < 4.78 is 10.5. The van der Waals surface area contributed by atoms with Crippen LogP contribution in [0.4, 0.5) is 0 Å². The van der Waals surface area contributed by atoms with Crippen molar-refractivity contribution in [3.8, 4) is 17.1 Å². The number of ether oxygens (including phenoxy) is 1. The van der Waals surface area contributed by atoms with Crippen molar-refractivity contribution in [2.75, 3.05) is 20.7 Å². The molecule has 0 radical (unpaired) electrons. The van der Waals surface area contributed by atoms with Gasteiger partial charge < -0.3 is 19.9 Å². The highest BCUT2D eigenvalue weighted by Gasteiger charge is 2.09. The monoisotopic (exact) mass is 399 g/mol. The van der Waals surface area contributed by atoms with Crippen LogP contribution in [0.25, 0.3) is 11.4 Å². The van der Waals surface area contributed by atoms with Gasteiger partial charge in [0.05, 0.1) is 13.7 Å². The lowest BCUT2D eigenvalue weighted by molar-refractivity contribution is 0.375. The third kappa shape index (κ3) is 5.47. The first-order chi connectivity index (χ1) is 13.7. The normalized spacial score (nSPS) is 11.3. The molecular formula is C20H22ClN5O2. The molecule has 0 atom stereocenters. The average Bonchev–Trinajstić information content (AvgIpc) is 3.20. The van der Waals surface area contributed by atoms with Crippen LogP contribution >= 0.6 is 11.6 Å². The Bertz CT molecular complexity index is 907. The molecule has 7 nitrogen and oxygen atoms in total. The van der Waals surface area contributed by atoms with Gasteiger partial charge in [0.2, 0.25) is 11.7 Å². The van der Waals surface area contributed by atoms with Gasteiger partial charge in [-0.15, -0.1) is 0 Å². The minimum absolute atomic E-state index is 0.378. The molecule has 28 heavy (non-hydrogen) atoms. The number of methoxy groups -OCH3 is 1. The minimum atomic E-state index is 0.378. The van der Waals surface area contributed by atoms with Crippen molar-refractivity contribution in [3.05, 3.63) is 65.0 Å². The lowest BCUT2D eigenvalue weighted by atomic mass is 10.1. The molecule has 0 aliphatic heterocycles. The molecule has 0 aliphatic carbocycles. The van der Waals surface area contributed by atoms with E-state index in [9.17, 15) is 0 Å². The smallest absolute Gasteiger partial charge is 0.246 e. The van der Waals surface area contributed by atoms with E-state index in [0.29, 0.717) is 29.2 Å². The summed E-state index contributed by atoms with van der Waals surface area (Å²) in [5.41, 5.74) is 2.06. The number of aromatic nitrogens is 2. The Balaban J connectivity index is 1.46. The second kappa shape index (κ2) is 9.75. The standard InChI is InChI=1S/C20H22ClN5O2/c1-22-20(23-12-11-14-3-9-17(27-2)10-4-14)24-13-18-25-19(26-28-18)15-5-7-16(21)8-6-15/h3-10H,11-13H2,1-2H3,(H2,22,23,24). The zero-order valence-corrected chi connectivity index (χ0v) is 16.5. The molecule has 1 aromatic heterocycles. The molecule has 1 heterocycles. The Hall–Kier alpha value is -3.06. The molecule has 0 spiro atoms. The van der Waals surface area contributed by atoms with Crippen LogP contribution in [0.5, 0.6) is 5.75 Å². The van der Waals surface area contributed by atoms with Gasteiger partial charge in [-0.2, -0.15) is 4.98 Å². The van der Waals surface area contributed by atoms with Crippen LogP contribution < -0.4 is 15.4 Å². The van der Waals surface area contributed by atoms with E-state index in [1.165, 1.54) is 5.56 Å². The summed E-state index contributed by atoms with van der Waals surface area (Å²) in [4.78, 5) is 8.59. The molecule has 8 heteroatoms. The molecular weight excluding hydrogens is 378 g/mol. The Morgan fingerprint density at radius 3 is 2.54 bits per heavy atom. The van der Waals surface area contributed by atoms with Gasteiger partial charge >= 0.3 is 0 Å². The molecule has 0 saturated heterocycles. The van der Waals surface area contributed by atoms with Crippen LogP contribution in [0.2, 0.25) is 5.02 Å². The van der Waals surface area contributed by atoms with Crippen LogP contribution in [0.3, 0.4) is 0 Å². The van der Waals surface area contributed by atoms with Gasteiger partial charge in [-0.05, 0) is 48.4 Å². The predicted octanol–water partition coefficient (Wildman–Crippen LogP) is 3.31. The van der Waals surface area contributed by atoms with Gasteiger partial charge in [-0.25, -0.2) is 0 Å². The fraction of sp³-hybridized carbons (Fsp3) is 0.250. The zero-order chi connectivity index (χ0) is 19.8. The average molecular weight is 400 g/mol. The third-order valence-corrected chi connectivity index (χ3v) is 4.32. The Morgan fingerprint density at radius 1 is 1.11 bits per heavy atom. The van der Waals surface area contributed by atoms with Gasteiger partial charge in [0, 0.05) is 24.2 Å². The van der Waals surface area contributed by atoms with E-state index < -0.39 is 0 Å². The molecule has 2 aromatic carbocycles. The molecule has 0 fully saturated rings. The summed E-state index contributed by atoms with van der Waals surface area (Å²) >= 11 is 5.90. The molecule has 0 amide bonds. The first kappa shape index (κ1) is 19.7. The first-order valence-corrected chi connectivity index (χ1v) is 9.21. The fourth-order valence-corrected chi connectivity index (χ4v) is 2.67. The lowest BCUT2D eigenvalue weighted by Gasteiger charge is -2.10. The van der Waals surface area contributed by atoms with E-state index in [1.807, 2.05) is 36.4 Å². The molecule has 2 N–H and O–H groups in total. The SMILES string of the molecule is CN=C(NCCc1ccc(OC)cc1)NCc1nc(-c2ccc(Cl)cc2)no1. The molecule has 0 bridgehead atoms. The lowest BCUT2D eigenvalue weighted by Crippen LogP contribution is -2.37. The van der Waals surface area contributed by atoms with Gasteiger partial charge in [0.15, 0.2) is 5.96 Å². The fourth-order valence-electron chi connectivity index (χ4n) is 2.54. The molecule has 3 rings (SSSR count). The maximum Gasteiger partial charge on any atom is 0.246 e. The maximum absolute atomic E-state index is 5.90. The van der Waals surface area contributed by atoms with Crippen molar-refractivity contribution in [2.45, 2.75) is 13.0 Å². The van der Waals surface area contributed by atoms with Crippen molar-refractivity contribution in [1.82, 2.24) is 20.8 Å². The summed E-state index contributed by atoms with van der Waals surface area (Å²) in [6.07, 6.45) is 0.867. The van der Waals surface area contributed by atoms with Crippen molar-refractivity contribution in [2.24, 2.45) is 4.99 Å². The van der Waals surface area contributed by atoms with Gasteiger partial charge in [-0.3, -0.25) is 4.99 Å². The number of guanidine groups is 1. The van der Waals surface area contributed by atoms with E-state index in [-0.39, 0.29) is 0 Å². The quantitative estimate of drug-likeness (QED) is 0.468. The Labute approximate surface area is 168 Å². The van der Waals surface area contributed by atoms with Crippen molar-refractivity contribution >= 4 is 17.6 Å². The van der Waals surface area contributed by atoms with E-state index >= 15 is 0 Å². The van der Waals surface area contributed by atoms with Crippen molar-refractivity contribution in [3.63, 3.8) is 0 Å². The highest BCUT2D eigenvalue weighted by molar-refractivity contribution is 6.30. The van der Waals surface area contributed by atoms with Crippen molar-refractivity contribution < 1.29 is 9.26 Å². The number of benzene rings is 2. The first-order valence-electron chi connectivity index (χ1n) is 8.84. The molecule has 0 saturated carbocycles. The molecule has 146 valence electrons. The van der Waals surface area contributed by atoms with Gasteiger partial charge in [-0.1, -0.05) is 28.9 Å². The van der Waals surface area contributed by atoms with E-state index in [1.54, 1.807) is 26.3 Å². The zero-order valence-electron chi connectivity index (χ0n) is 15.8. The number of nitrogens with zero attached hydrogens (tertiary/aromatic N) is 3. The minimum Gasteiger partial charge on any atom is -0.497 e. The largest absolute Gasteiger partial charge is 0.497 e. The van der Waals surface area contributed by atoms with E-state index in [2.05, 4.69) is 25.8 Å². The van der Waals surface area contributed by atoms with Crippen LogP contribution in [0, 0.1) is 0 Å². The van der Waals surface area contributed by atoms with Crippen LogP contribution in [0.15, 0.2) is 58.0 Å². The Kier molecular flexibility index (Phi) is 6.86. The number of hydrogen-bond acceptors (Lipinski definition) is 5. The van der Waals surface area contributed by atoms with Crippen molar-refractivity contribution in [1.29, 1.82) is 0 Å². The molecule has 3 aromatic rings. The predicted molar refractivity (Wildman–Crippen MR) is 110 cm³/mol. The third-order valence-electron chi connectivity index (χ3n) is 4.07. The second-order valence-electron chi connectivity index (χ2n) is 5.97. The van der Waals surface area contributed by atoms with Crippen LogP contribution in [-0.2, 0) is 13.0 Å². The molecule has 0 unspecified atom stereocenters. The summed E-state index contributed by atoms with van der Waals surface area (Å²) in [5.74, 6) is 2.52. The van der Waals surface area contributed by atoms with Gasteiger partial charge in [0.1, 0.15) is 5.75 Å². The number of aliphatic imine (C=N–C) groups is 1. The van der Waals surface area contributed by atoms with E-state index in [0.717, 1.165) is 24.3 Å². The Morgan fingerprint density at radius 2 is 1.86 bits per heavy atom. The van der Waals surface area contributed by atoms with Gasteiger partial charge in [0.25, 0.3) is 0 Å². The number of halogens is 1. The molecule has 0 aliphatic rings. The number of rotatable bonds is 7. The van der Waals surface area contributed by atoms with Crippen LogP contribution in [0.1, 0.15) is 11.5 Å². The summed E-state index contributed by atoms with van der Waals surface area (Å²) in [5, 5.41) is 11.1. The van der Waals surface area contributed by atoms with Crippen LogP contribution in [-0.4, -0.2) is 36.8 Å². The number of nitrogens with one attached hydrogen (secondary N) is 2. The maximum atomic E-state index is 5.90. The summed E-state index contributed by atoms with van der Waals surface area (Å²) in [6, 6.07) is 15.3.